The zero-order valence-electron chi connectivity index (χ0n) is 15.5. The standard InChI is InChI=1S/C21H21N3O3/c1-24(17-7-5-4-6-8-17)21(25)15-11-16(14-22-13-15)23-19-10-9-18(26-2)12-20(19)27-3/h4-14,23H,1-3H3. The van der Waals surface area contributed by atoms with E-state index in [2.05, 4.69) is 10.3 Å². The number of nitrogens with one attached hydrogen (secondary N) is 1. The largest absolute Gasteiger partial charge is 0.497 e. The summed E-state index contributed by atoms with van der Waals surface area (Å²) in [7, 11) is 4.93. The Balaban J connectivity index is 1.83. The van der Waals surface area contributed by atoms with Gasteiger partial charge in [0.15, 0.2) is 0 Å². The predicted octanol–water partition coefficient (Wildman–Crippen LogP) is 4.12. The number of nitrogens with zero attached hydrogens (tertiary/aromatic N) is 2. The number of para-hydroxylation sites is 1. The molecule has 2 aromatic carbocycles. The van der Waals surface area contributed by atoms with E-state index in [1.807, 2.05) is 42.5 Å². The molecule has 0 saturated carbocycles. The first kappa shape index (κ1) is 18.3. The zero-order valence-corrected chi connectivity index (χ0v) is 15.5. The first-order chi connectivity index (χ1) is 13.1. The van der Waals surface area contributed by atoms with Gasteiger partial charge in [-0.15, -0.1) is 0 Å². The molecule has 0 atom stereocenters. The van der Waals surface area contributed by atoms with Gasteiger partial charge in [0.25, 0.3) is 5.91 Å². The van der Waals surface area contributed by atoms with Gasteiger partial charge in [0.2, 0.25) is 0 Å². The van der Waals surface area contributed by atoms with Crippen LogP contribution in [-0.4, -0.2) is 32.2 Å². The summed E-state index contributed by atoms with van der Waals surface area (Å²) in [5.41, 5.74) is 2.74. The summed E-state index contributed by atoms with van der Waals surface area (Å²) in [6, 6.07) is 16.7. The van der Waals surface area contributed by atoms with E-state index < -0.39 is 0 Å². The molecule has 1 aromatic heterocycles. The first-order valence-corrected chi connectivity index (χ1v) is 8.39. The lowest BCUT2D eigenvalue weighted by atomic mass is 10.2. The minimum Gasteiger partial charge on any atom is -0.497 e. The quantitative estimate of drug-likeness (QED) is 0.714. The summed E-state index contributed by atoms with van der Waals surface area (Å²) in [5, 5.41) is 3.23. The maximum absolute atomic E-state index is 12.8. The van der Waals surface area contributed by atoms with E-state index in [1.54, 1.807) is 50.7 Å². The maximum atomic E-state index is 12.8. The molecule has 0 bridgehead atoms. The molecule has 3 rings (SSSR count). The highest BCUT2D eigenvalue weighted by Crippen LogP contribution is 2.31. The molecule has 0 aliphatic rings. The van der Waals surface area contributed by atoms with Crippen LogP contribution in [0.25, 0.3) is 0 Å². The van der Waals surface area contributed by atoms with Gasteiger partial charge < -0.3 is 19.7 Å². The van der Waals surface area contributed by atoms with Crippen LogP contribution in [0, 0.1) is 0 Å². The van der Waals surface area contributed by atoms with Crippen LogP contribution >= 0.6 is 0 Å². The van der Waals surface area contributed by atoms with E-state index in [9.17, 15) is 4.79 Å². The maximum Gasteiger partial charge on any atom is 0.259 e. The van der Waals surface area contributed by atoms with Crippen molar-refractivity contribution in [1.29, 1.82) is 0 Å². The number of rotatable bonds is 6. The third-order valence-electron chi connectivity index (χ3n) is 4.12. The van der Waals surface area contributed by atoms with E-state index in [-0.39, 0.29) is 5.91 Å². The van der Waals surface area contributed by atoms with Crippen molar-refractivity contribution in [2.24, 2.45) is 0 Å². The average molecular weight is 363 g/mol. The zero-order chi connectivity index (χ0) is 19.2. The van der Waals surface area contributed by atoms with Crippen molar-refractivity contribution >= 4 is 23.0 Å². The Morgan fingerprint density at radius 1 is 1.00 bits per heavy atom. The van der Waals surface area contributed by atoms with Crippen LogP contribution in [0.2, 0.25) is 0 Å². The van der Waals surface area contributed by atoms with Gasteiger partial charge in [-0.25, -0.2) is 0 Å². The van der Waals surface area contributed by atoms with Crippen molar-refractivity contribution in [2.75, 3.05) is 31.5 Å². The van der Waals surface area contributed by atoms with Crippen LogP contribution in [0.15, 0.2) is 67.0 Å². The summed E-state index contributed by atoms with van der Waals surface area (Å²) in [6.07, 6.45) is 3.21. The second kappa shape index (κ2) is 8.23. The molecule has 0 spiro atoms. The summed E-state index contributed by atoms with van der Waals surface area (Å²) >= 11 is 0. The summed E-state index contributed by atoms with van der Waals surface area (Å²) in [6.45, 7) is 0. The Bertz CT molecular complexity index is 929. The second-order valence-corrected chi connectivity index (χ2v) is 5.85. The molecule has 0 aliphatic heterocycles. The van der Waals surface area contributed by atoms with E-state index in [1.165, 1.54) is 0 Å². The van der Waals surface area contributed by atoms with Crippen molar-refractivity contribution in [3.63, 3.8) is 0 Å². The molecule has 3 aromatic rings. The van der Waals surface area contributed by atoms with Crippen molar-refractivity contribution < 1.29 is 14.3 Å². The van der Waals surface area contributed by atoms with Crippen molar-refractivity contribution in [2.45, 2.75) is 0 Å². The van der Waals surface area contributed by atoms with E-state index in [0.29, 0.717) is 22.7 Å². The van der Waals surface area contributed by atoms with E-state index in [4.69, 9.17) is 9.47 Å². The van der Waals surface area contributed by atoms with Crippen LogP contribution < -0.4 is 19.7 Å². The van der Waals surface area contributed by atoms with E-state index in [0.717, 1.165) is 11.4 Å². The SMILES string of the molecule is COc1ccc(Nc2cncc(C(=O)N(C)c3ccccc3)c2)c(OC)c1. The van der Waals surface area contributed by atoms with Gasteiger partial charge in [0.05, 0.1) is 37.4 Å². The third kappa shape index (κ3) is 4.17. The topological polar surface area (TPSA) is 63.7 Å². The average Bonchev–Trinajstić information content (AvgIpc) is 2.73. The molecule has 6 nitrogen and oxygen atoms in total. The highest BCUT2D eigenvalue weighted by Gasteiger charge is 2.14. The van der Waals surface area contributed by atoms with Gasteiger partial charge >= 0.3 is 0 Å². The molecule has 0 radical (unpaired) electrons. The normalized spacial score (nSPS) is 10.2. The summed E-state index contributed by atoms with van der Waals surface area (Å²) < 4.78 is 10.6. The Kier molecular flexibility index (Phi) is 5.56. The first-order valence-electron chi connectivity index (χ1n) is 8.39. The molecule has 1 N–H and O–H groups in total. The Labute approximate surface area is 158 Å². The van der Waals surface area contributed by atoms with E-state index >= 15 is 0 Å². The number of benzene rings is 2. The molecule has 27 heavy (non-hydrogen) atoms. The number of aromatic nitrogens is 1. The predicted molar refractivity (Wildman–Crippen MR) is 106 cm³/mol. The van der Waals surface area contributed by atoms with Crippen LogP contribution in [0.5, 0.6) is 11.5 Å². The fraction of sp³-hybridized carbons (Fsp3) is 0.143. The molecule has 138 valence electrons. The van der Waals surface area contributed by atoms with Crippen LogP contribution in [-0.2, 0) is 0 Å². The Hall–Kier alpha value is -3.54. The number of carbonyl (C=O) groups is 1. The van der Waals surface area contributed by atoms with Gasteiger partial charge in [0.1, 0.15) is 11.5 Å². The number of ether oxygens (including phenoxy) is 2. The van der Waals surface area contributed by atoms with Crippen molar-refractivity contribution in [1.82, 2.24) is 4.98 Å². The number of amides is 1. The fourth-order valence-corrected chi connectivity index (χ4v) is 2.65. The van der Waals surface area contributed by atoms with Crippen molar-refractivity contribution in [3.05, 3.63) is 72.6 Å². The van der Waals surface area contributed by atoms with Crippen LogP contribution in [0.3, 0.4) is 0 Å². The van der Waals surface area contributed by atoms with Gasteiger partial charge in [-0.3, -0.25) is 9.78 Å². The Morgan fingerprint density at radius 2 is 1.78 bits per heavy atom. The van der Waals surface area contributed by atoms with Gasteiger partial charge in [-0.2, -0.15) is 0 Å². The summed E-state index contributed by atoms with van der Waals surface area (Å²) in [4.78, 5) is 18.6. The lowest BCUT2D eigenvalue weighted by Crippen LogP contribution is -2.26. The Morgan fingerprint density at radius 3 is 2.48 bits per heavy atom. The number of hydrogen-bond donors (Lipinski definition) is 1. The summed E-state index contributed by atoms with van der Waals surface area (Å²) in [5.74, 6) is 1.19. The molecular formula is C21H21N3O3. The smallest absolute Gasteiger partial charge is 0.259 e. The molecule has 1 heterocycles. The molecule has 0 saturated heterocycles. The second-order valence-electron chi connectivity index (χ2n) is 5.85. The van der Waals surface area contributed by atoms with Crippen LogP contribution in [0.1, 0.15) is 10.4 Å². The molecule has 6 heteroatoms. The minimum absolute atomic E-state index is 0.140. The van der Waals surface area contributed by atoms with Gasteiger partial charge in [-0.1, -0.05) is 18.2 Å². The minimum atomic E-state index is -0.140. The van der Waals surface area contributed by atoms with Gasteiger partial charge in [0, 0.05) is 25.0 Å². The third-order valence-corrected chi connectivity index (χ3v) is 4.12. The monoisotopic (exact) mass is 363 g/mol. The molecule has 0 unspecified atom stereocenters. The fourth-order valence-electron chi connectivity index (χ4n) is 2.65. The van der Waals surface area contributed by atoms with Crippen LogP contribution in [0.4, 0.5) is 17.1 Å². The molecular weight excluding hydrogens is 342 g/mol. The molecule has 0 fully saturated rings. The lowest BCUT2D eigenvalue weighted by molar-refractivity contribution is 0.0992. The number of anilines is 3. The molecule has 1 amide bonds. The highest BCUT2D eigenvalue weighted by atomic mass is 16.5. The number of methoxy groups -OCH3 is 2. The number of hydrogen-bond acceptors (Lipinski definition) is 5. The van der Waals surface area contributed by atoms with Crippen molar-refractivity contribution in [3.8, 4) is 11.5 Å². The number of carbonyl (C=O) groups excluding carboxylic acids is 1. The van der Waals surface area contributed by atoms with Gasteiger partial charge in [-0.05, 0) is 30.3 Å². The lowest BCUT2D eigenvalue weighted by Gasteiger charge is -2.18. The molecule has 0 aliphatic carbocycles. The number of pyridine rings is 1. The highest BCUT2D eigenvalue weighted by molar-refractivity contribution is 6.06.